The Hall–Kier alpha value is -3.12. The van der Waals surface area contributed by atoms with Crippen molar-refractivity contribution in [3.63, 3.8) is 0 Å². The summed E-state index contributed by atoms with van der Waals surface area (Å²) < 4.78 is 5.45. The fraction of sp³-hybridized carbons (Fsp3) is 0.190. The molecule has 7 heteroatoms. The number of hydrogen-bond donors (Lipinski definition) is 2. The Bertz CT molecular complexity index is 1070. The molecule has 2 N–H and O–H groups in total. The lowest BCUT2D eigenvalue weighted by atomic mass is 10.1. The standard InChI is InChI=1S/C21H20ClN3O3/c1-12-4-6-17(8-13(12)2)28-11-20(26)24-25-21(27)18-10-15-9-16(22)5-7-19(15)23-14(18)3/h4-10H,11H2,1-3H3,(H,24,26)(H,25,27). The van der Waals surface area contributed by atoms with Crippen molar-refractivity contribution in [1.29, 1.82) is 0 Å². The number of carbonyl (C=O) groups is 2. The molecule has 0 saturated heterocycles. The number of nitrogens with one attached hydrogen (secondary N) is 2. The van der Waals surface area contributed by atoms with E-state index >= 15 is 0 Å². The zero-order valence-corrected chi connectivity index (χ0v) is 16.6. The van der Waals surface area contributed by atoms with Gasteiger partial charge in [0.15, 0.2) is 6.61 Å². The van der Waals surface area contributed by atoms with Gasteiger partial charge in [-0.2, -0.15) is 0 Å². The van der Waals surface area contributed by atoms with Crippen LogP contribution < -0.4 is 15.6 Å². The second-order valence-electron chi connectivity index (χ2n) is 6.50. The number of rotatable bonds is 4. The number of hydrogen-bond acceptors (Lipinski definition) is 4. The summed E-state index contributed by atoms with van der Waals surface area (Å²) >= 11 is 6.00. The first kappa shape index (κ1) is 19.6. The van der Waals surface area contributed by atoms with Crippen molar-refractivity contribution < 1.29 is 14.3 Å². The smallest absolute Gasteiger partial charge is 0.276 e. The number of fused-ring (bicyclic) bond motifs is 1. The molecule has 0 bridgehead atoms. The Morgan fingerprint density at radius 2 is 1.79 bits per heavy atom. The predicted octanol–water partition coefficient (Wildman–Crippen LogP) is 3.65. The van der Waals surface area contributed by atoms with E-state index in [1.165, 1.54) is 0 Å². The van der Waals surface area contributed by atoms with Gasteiger partial charge in [-0.15, -0.1) is 0 Å². The Kier molecular flexibility index (Phi) is 5.80. The van der Waals surface area contributed by atoms with Crippen LogP contribution in [0.2, 0.25) is 5.02 Å². The maximum atomic E-state index is 12.4. The van der Waals surface area contributed by atoms with Crippen LogP contribution in [0, 0.1) is 20.8 Å². The van der Waals surface area contributed by atoms with Crippen molar-refractivity contribution >= 4 is 34.3 Å². The molecule has 3 aromatic rings. The van der Waals surface area contributed by atoms with Crippen LogP contribution in [0.1, 0.15) is 27.2 Å². The third-order valence-electron chi connectivity index (χ3n) is 4.38. The minimum absolute atomic E-state index is 0.215. The molecule has 0 aliphatic heterocycles. The van der Waals surface area contributed by atoms with E-state index in [1.807, 2.05) is 26.0 Å². The number of pyridine rings is 1. The van der Waals surface area contributed by atoms with E-state index in [0.29, 0.717) is 22.0 Å². The highest BCUT2D eigenvalue weighted by Gasteiger charge is 2.13. The summed E-state index contributed by atoms with van der Waals surface area (Å²) in [5, 5.41) is 1.30. The second kappa shape index (κ2) is 8.27. The van der Waals surface area contributed by atoms with Gasteiger partial charge in [0.1, 0.15) is 5.75 Å². The molecule has 1 heterocycles. The lowest BCUT2D eigenvalue weighted by Gasteiger charge is -2.11. The SMILES string of the molecule is Cc1ccc(OCC(=O)NNC(=O)c2cc3cc(Cl)ccc3nc2C)cc1C. The number of carbonyl (C=O) groups excluding carboxylic acids is 2. The van der Waals surface area contributed by atoms with Crippen molar-refractivity contribution in [1.82, 2.24) is 15.8 Å². The molecule has 0 aliphatic carbocycles. The maximum Gasteiger partial charge on any atom is 0.276 e. The first-order chi connectivity index (χ1) is 13.3. The molecule has 3 rings (SSSR count). The molecule has 0 spiro atoms. The molecule has 2 aromatic carbocycles. The lowest BCUT2D eigenvalue weighted by Crippen LogP contribution is -2.44. The molecule has 28 heavy (non-hydrogen) atoms. The van der Waals surface area contributed by atoms with Crippen LogP contribution in [0.4, 0.5) is 0 Å². The zero-order chi connectivity index (χ0) is 20.3. The van der Waals surface area contributed by atoms with Gasteiger partial charge in [0.2, 0.25) is 0 Å². The molecular formula is C21H20ClN3O3. The lowest BCUT2D eigenvalue weighted by molar-refractivity contribution is -0.123. The van der Waals surface area contributed by atoms with E-state index < -0.39 is 11.8 Å². The number of aryl methyl sites for hydroxylation is 3. The van der Waals surface area contributed by atoms with Crippen LogP contribution >= 0.6 is 11.6 Å². The maximum absolute atomic E-state index is 12.4. The minimum Gasteiger partial charge on any atom is -0.484 e. The highest BCUT2D eigenvalue weighted by Crippen LogP contribution is 2.20. The van der Waals surface area contributed by atoms with Crippen LogP contribution in [-0.4, -0.2) is 23.4 Å². The van der Waals surface area contributed by atoms with Crippen molar-refractivity contribution in [2.24, 2.45) is 0 Å². The summed E-state index contributed by atoms with van der Waals surface area (Å²) in [6.07, 6.45) is 0. The molecular weight excluding hydrogens is 378 g/mol. The summed E-state index contributed by atoms with van der Waals surface area (Å²) in [4.78, 5) is 28.8. The van der Waals surface area contributed by atoms with E-state index in [0.717, 1.165) is 22.0 Å². The van der Waals surface area contributed by atoms with Crippen molar-refractivity contribution in [3.05, 3.63) is 69.9 Å². The van der Waals surface area contributed by atoms with E-state index in [-0.39, 0.29) is 6.61 Å². The second-order valence-corrected chi connectivity index (χ2v) is 6.93. The van der Waals surface area contributed by atoms with Gasteiger partial charge in [-0.1, -0.05) is 17.7 Å². The monoisotopic (exact) mass is 397 g/mol. The Morgan fingerprint density at radius 3 is 2.54 bits per heavy atom. The van der Waals surface area contributed by atoms with Crippen molar-refractivity contribution in [2.75, 3.05) is 6.61 Å². The largest absolute Gasteiger partial charge is 0.484 e. The Morgan fingerprint density at radius 1 is 1.00 bits per heavy atom. The van der Waals surface area contributed by atoms with Crippen molar-refractivity contribution in [3.8, 4) is 5.75 Å². The number of halogens is 1. The van der Waals surface area contributed by atoms with Crippen LogP contribution in [0.25, 0.3) is 10.9 Å². The van der Waals surface area contributed by atoms with E-state index in [1.54, 1.807) is 37.3 Å². The van der Waals surface area contributed by atoms with Gasteiger partial charge >= 0.3 is 0 Å². The van der Waals surface area contributed by atoms with Crippen LogP contribution in [0.5, 0.6) is 5.75 Å². The molecule has 1 aromatic heterocycles. The fourth-order valence-electron chi connectivity index (χ4n) is 2.66. The zero-order valence-electron chi connectivity index (χ0n) is 15.8. The number of benzene rings is 2. The minimum atomic E-state index is -0.471. The molecule has 144 valence electrons. The summed E-state index contributed by atoms with van der Waals surface area (Å²) in [5.74, 6) is -0.344. The van der Waals surface area contributed by atoms with Gasteiger partial charge in [-0.05, 0) is 68.3 Å². The summed E-state index contributed by atoms with van der Waals surface area (Å²) in [6, 6.07) is 12.5. The van der Waals surface area contributed by atoms with Gasteiger partial charge in [-0.3, -0.25) is 25.4 Å². The van der Waals surface area contributed by atoms with Gasteiger partial charge in [0, 0.05) is 10.4 Å². The third kappa shape index (κ3) is 4.58. The van der Waals surface area contributed by atoms with Crippen LogP contribution in [-0.2, 0) is 4.79 Å². The van der Waals surface area contributed by atoms with E-state index in [9.17, 15) is 9.59 Å². The van der Waals surface area contributed by atoms with Gasteiger partial charge in [-0.25, -0.2) is 0 Å². The first-order valence-electron chi connectivity index (χ1n) is 8.69. The number of ether oxygens (including phenoxy) is 1. The summed E-state index contributed by atoms with van der Waals surface area (Å²) in [6.45, 7) is 5.48. The average Bonchev–Trinajstić information content (AvgIpc) is 2.66. The van der Waals surface area contributed by atoms with E-state index in [4.69, 9.17) is 16.3 Å². The number of hydrazine groups is 1. The van der Waals surface area contributed by atoms with Gasteiger partial charge in [0.05, 0.1) is 16.8 Å². The normalized spacial score (nSPS) is 10.6. The summed E-state index contributed by atoms with van der Waals surface area (Å²) in [5.41, 5.74) is 8.59. The molecule has 0 radical (unpaired) electrons. The average molecular weight is 398 g/mol. The molecule has 0 atom stereocenters. The molecule has 6 nitrogen and oxygen atoms in total. The highest BCUT2D eigenvalue weighted by atomic mass is 35.5. The third-order valence-corrected chi connectivity index (χ3v) is 4.61. The molecule has 0 saturated carbocycles. The topological polar surface area (TPSA) is 80.3 Å². The molecule has 0 aliphatic rings. The van der Waals surface area contributed by atoms with E-state index in [2.05, 4.69) is 15.8 Å². The fourth-order valence-corrected chi connectivity index (χ4v) is 2.84. The summed E-state index contributed by atoms with van der Waals surface area (Å²) in [7, 11) is 0. The number of aromatic nitrogens is 1. The quantitative estimate of drug-likeness (QED) is 0.658. The molecule has 2 amide bonds. The first-order valence-corrected chi connectivity index (χ1v) is 9.07. The number of nitrogens with zero attached hydrogens (tertiary/aromatic N) is 1. The predicted molar refractivity (Wildman–Crippen MR) is 109 cm³/mol. The highest BCUT2D eigenvalue weighted by molar-refractivity contribution is 6.31. The molecule has 0 fully saturated rings. The van der Waals surface area contributed by atoms with Crippen molar-refractivity contribution in [2.45, 2.75) is 20.8 Å². The number of amides is 2. The Labute approximate surface area is 167 Å². The van der Waals surface area contributed by atoms with Crippen LogP contribution in [0.3, 0.4) is 0 Å². The Balaban J connectivity index is 1.60. The molecule has 0 unspecified atom stereocenters. The van der Waals surface area contributed by atoms with Crippen LogP contribution in [0.15, 0.2) is 42.5 Å². The van der Waals surface area contributed by atoms with Gasteiger partial charge < -0.3 is 4.74 Å². The van der Waals surface area contributed by atoms with Gasteiger partial charge in [0.25, 0.3) is 11.8 Å².